The molecular formula is C44H31BO2. The van der Waals surface area contributed by atoms with Crippen LogP contribution in [0.25, 0.3) is 44.5 Å². The van der Waals surface area contributed by atoms with Gasteiger partial charge in [0.1, 0.15) is 23.0 Å². The van der Waals surface area contributed by atoms with E-state index < -0.39 is 0 Å². The predicted octanol–water partition coefficient (Wildman–Crippen LogP) is 9.70. The topological polar surface area (TPSA) is 18.5 Å². The highest BCUT2D eigenvalue weighted by Gasteiger charge is 2.44. The lowest BCUT2D eigenvalue weighted by atomic mass is 9.34. The van der Waals surface area contributed by atoms with Crippen LogP contribution >= 0.6 is 0 Å². The van der Waals surface area contributed by atoms with Gasteiger partial charge in [-0.2, -0.15) is 0 Å². The molecule has 0 N–H and O–H groups in total. The van der Waals surface area contributed by atoms with Crippen molar-refractivity contribution in [2.75, 3.05) is 0 Å². The molecule has 0 amide bonds. The van der Waals surface area contributed by atoms with Gasteiger partial charge in [0, 0.05) is 27.7 Å². The SMILES string of the molecule is Cc1ccccc1-c1cccc2c1Oc1c(-c3ccccc3)cc(-c3ccccc3C)c3c1B2c1cccc(-c2ccccc2)c1O3. The first kappa shape index (κ1) is 27.5. The van der Waals surface area contributed by atoms with Crippen LogP contribution in [0.3, 0.4) is 0 Å². The van der Waals surface area contributed by atoms with Gasteiger partial charge >= 0.3 is 0 Å². The summed E-state index contributed by atoms with van der Waals surface area (Å²) in [5.41, 5.74) is 14.7. The molecule has 0 bridgehead atoms. The molecule has 7 aromatic rings. The third-order valence-electron chi connectivity index (χ3n) is 9.72. The minimum absolute atomic E-state index is 0.0911. The van der Waals surface area contributed by atoms with Gasteiger partial charge in [0.15, 0.2) is 0 Å². The van der Waals surface area contributed by atoms with E-state index in [-0.39, 0.29) is 6.71 Å². The molecule has 2 aliphatic heterocycles. The van der Waals surface area contributed by atoms with Crippen LogP contribution in [-0.4, -0.2) is 6.71 Å². The summed E-state index contributed by atoms with van der Waals surface area (Å²) in [4.78, 5) is 0. The van der Waals surface area contributed by atoms with Crippen LogP contribution in [0.4, 0.5) is 0 Å². The third kappa shape index (κ3) is 4.35. The largest absolute Gasteiger partial charge is 0.457 e. The molecule has 0 saturated carbocycles. The van der Waals surface area contributed by atoms with Crippen LogP contribution in [-0.2, 0) is 0 Å². The average molecular weight is 603 g/mol. The zero-order valence-electron chi connectivity index (χ0n) is 26.3. The summed E-state index contributed by atoms with van der Waals surface area (Å²) >= 11 is 0. The molecule has 0 unspecified atom stereocenters. The molecule has 0 spiro atoms. The lowest BCUT2D eigenvalue weighted by molar-refractivity contribution is 0.468. The van der Waals surface area contributed by atoms with Gasteiger partial charge in [0.05, 0.1) is 0 Å². The molecule has 7 aromatic carbocycles. The summed E-state index contributed by atoms with van der Waals surface area (Å²) in [5, 5.41) is 0. The normalized spacial score (nSPS) is 12.3. The summed E-state index contributed by atoms with van der Waals surface area (Å²) in [5.74, 6) is 3.53. The third-order valence-corrected chi connectivity index (χ3v) is 9.72. The summed E-state index contributed by atoms with van der Waals surface area (Å²) in [6.45, 7) is 4.25. The van der Waals surface area contributed by atoms with E-state index in [1.807, 2.05) is 0 Å². The van der Waals surface area contributed by atoms with Crippen molar-refractivity contribution < 1.29 is 9.47 Å². The van der Waals surface area contributed by atoms with E-state index in [0.717, 1.165) is 78.3 Å². The van der Waals surface area contributed by atoms with Crippen LogP contribution in [0.2, 0.25) is 0 Å². The Labute approximate surface area is 276 Å². The van der Waals surface area contributed by atoms with Crippen LogP contribution in [0, 0.1) is 13.8 Å². The fourth-order valence-corrected chi connectivity index (χ4v) is 7.47. The minimum atomic E-state index is -0.0911. The smallest absolute Gasteiger partial charge is 0.260 e. The molecule has 0 radical (unpaired) electrons. The molecule has 9 rings (SSSR count). The molecule has 3 heteroatoms. The molecule has 0 saturated heterocycles. The molecule has 2 nitrogen and oxygen atoms in total. The first-order valence-corrected chi connectivity index (χ1v) is 16.2. The molecule has 2 aliphatic rings. The number of aryl methyl sites for hydroxylation is 2. The summed E-state index contributed by atoms with van der Waals surface area (Å²) in [6, 6.07) is 53.8. The van der Waals surface area contributed by atoms with E-state index in [1.54, 1.807) is 0 Å². The second-order valence-corrected chi connectivity index (χ2v) is 12.5. The van der Waals surface area contributed by atoms with E-state index in [9.17, 15) is 0 Å². The Morgan fingerprint density at radius 2 is 0.809 bits per heavy atom. The minimum Gasteiger partial charge on any atom is -0.457 e. The van der Waals surface area contributed by atoms with Crippen LogP contribution in [0.1, 0.15) is 11.1 Å². The number of benzene rings is 7. The lowest BCUT2D eigenvalue weighted by Crippen LogP contribution is -2.57. The molecule has 2 heterocycles. The monoisotopic (exact) mass is 602 g/mol. The quantitative estimate of drug-likeness (QED) is 0.187. The number of fused-ring (bicyclic) bond motifs is 4. The number of para-hydroxylation sites is 2. The molecule has 0 fully saturated rings. The Bertz CT molecular complexity index is 2330. The fourth-order valence-electron chi connectivity index (χ4n) is 7.47. The van der Waals surface area contributed by atoms with Gasteiger partial charge < -0.3 is 9.47 Å². The van der Waals surface area contributed by atoms with Crippen LogP contribution in [0.15, 0.2) is 152 Å². The first-order chi connectivity index (χ1) is 23.2. The van der Waals surface area contributed by atoms with E-state index in [1.165, 1.54) is 16.7 Å². The Kier molecular flexibility index (Phi) is 6.40. The van der Waals surface area contributed by atoms with E-state index in [4.69, 9.17) is 9.47 Å². The van der Waals surface area contributed by atoms with Gasteiger partial charge in [0.2, 0.25) is 0 Å². The van der Waals surface area contributed by atoms with Crippen LogP contribution in [0.5, 0.6) is 23.0 Å². The maximum absolute atomic E-state index is 7.22. The highest BCUT2D eigenvalue weighted by atomic mass is 16.5. The van der Waals surface area contributed by atoms with Gasteiger partial charge in [-0.25, -0.2) is 0 Å². The van der Waals surface area contributed by atoms with Crippen molar-refractivity contribution in [3.05, 3.63) is 163 Å². The Balaban J connectivity index is 1.41. The van der Waals surface area contributed by atoms with Crippen molar-refractivity contribution in [1.29, 1.82) is 0 Å². The maximum atomic E-state index is 7.22. The van der Waals surface area contributed by atoms with Gasteiger partial charge in [-0.05, 0) is 64.2 Å². The summed E-state index contributed by atoms with van der Waals surface area (Å²) < 4.78 is 14.4. The zero-order chi connectivity index (χ0) is 31.5. The molecule has 222 valence electrons. The Hall–Kier alpha value is -5.80. The molecule has 0 aliphatic carbocycles. The fraction of sp³-hybridized carbons (Fsp3) is 0.0455. The van der Waals surface area contributed by atoms with E-state index in [2.05, 4.69) is 166 Å². The van der Waals surface area contributed by atoms with Crippen molar-refractivity contribution >= 4 is 23.1 Å². The summed E-state index contributed by atoms with van der Waals surface area (Å²) in [6.07, 6.45) is 0. The van der Waals surface area contributed by atoms with Crippen molar-refractivity contribution in [1.82, 2.24) is 0 Å². The second kappa shape index (κ2) is 10.9. The Morgan fingerprint density at radius 1 is 0.362 bits per heavy atom. The van der Waals surface area contributed by atoms with Crippen molar-refractivity contribution in [2.24, 2.45) is 0 Å². The van der Waals surface area contributed by atoms with Crippen molar-refractivity contribution in [3.8, 4) is 67.5 Å². The molecule has 0 aromatic heterocycles. The van der Waals surface area contributed by atoms with Gasteiger partial charge in [-0.3, -0.25) is 0 Å². The van der Waals surface area contributed by atoms with Crippen molar-refractivity contribution in [3.63, 3.8) is 0 Å². The standard InChI is InChI=1S/C44H31BO2/c1-28-15-9-11-21-32(28)35-24-14-26-39-42(35)47-43-36(31-19-7-4-8-20-31)27-37(33-22-12-10-16-29(33)2)44-40(43)45(39)38-25-13-23-34(41(38)46-44)30-17-5-3-6-18-30/h3-27H,1-2H3. The Morgan fingerprint density at radius 3 is 1.40 bits per heavy atom. The molecule has 47 heavy (non-hydrogen) atoms. The average Bonchev–Trinajstić information content (AvgIpc) is 3.12. The number of ether oxygens (including phenoxy) is 2. The number of rotatable bonds is 4. The molecular weight excluding hydrogens is 571 g/mol. The number of hydrogen-bond acceptors (Lipinski definition) is 2. The number of hydrogen-bond donors (Lipinski definition) is 0. The van der Waals surface area contributed by atoms with Gasteiger partial charge in [-0.1, -0.05) is 146 Å². The van der Waals surface area contributed by atoms with E-state index >= 15 is 0 Å². The highest BCUT2D eigenvalue weighted by molar-refractivity contribution is 6.98. The zero-order valence-corrected chi connectivity index (χ0v) is 26.3. The highest BCUT2D eigenvalue weighted by Crippen LogP contribution is 2.49. The van der Waals surface area contributed by atoms with Gasteiger partial charge in [-0.15, -0.1) is 0 Å². The van der Waals surface area contributed by atoms with E-state index in [0.29, 0.717) is 0 Å². The van der Waals surface area contributed by atoms with Gasteiger partial charge in [0.25, 0.3) is 6.71 Å². The summed E-state index contributed by atoms with van der Waals surface area (Å²) in [7, 11) is 0. The van der Waals surface area contributed by atoms with Crippen molar-refractivity contribution in [2.45, 2.75) is 13.8 Å². The predicted molar refractivity (Wildman–Crippen MR) is 195 cm³/mol. The second-order valence-electron chi connectivity index (χ2n) is 12.5. The molecule has 0 atom stereocenters. The maximum Gasteiger partial charge on any atom is 0.260 e. The lowest BCUT2D eigenvalue weighted by Gasteiger charge is -2.37. The first-order valence-electron chi connectivity index (χ1n) is 16.2. The van der Waals surface area contributed by atoms with Crippen LogP contribution < -0.4 is 25.9 Å².